The predicted molar refractivity (Wildman–Crippen MR) is 398 cm³/mol. The molecule has 5 heterocycles. The molecule has 0 amide bonds. The average molecular weight is 1220 g/mol. The Hall–Kier alpha value is -13.2. The lowest BCUT2D eigenvalue weighted by Crippen LogP contribution is -2.02. The van der Waals surface area contributed by atoms with Crippen LogP contribution in [0.15, 0.2) is 322 Å². The molecule has 0 N–H and O–H groups in total. The van der Waals surface area contributed by atoms with Crippen molar-refractivity contribution in [2.24, 2.45) is 0 Å². The molecule has 15 aromatic carbocycles. The van der Waals surface area contributed by atoms with Gasteiger partial charge in [0.25, 0.3) is 0 Å². The molecule has 444 valence electrons. The van der Waals surface area contributed by atoms with Crippen molar-refractivity contribution in [2.75, 3.05) is 0 Å². The minimum absolute atomic E-state index is 0.579. The van der Waals surface area contributed by atoms with E-state index in [1.165, 1.54) is 43.4 Å². The summed E-state index contributed by atoms with van der Waals surface area (Å²) < 4.78 is 9.76. The number of aromatic nitrogens is 6. The fourth-order valence-corrected chi connectivity index (χ4v) is 16.0. The molecule has 20 rings (SSSR count). The number of fused-ring (bicyclic) bond motifs is 16. The Morgan fingerprint density at radius 2 is 0.625 bits per heavy atom. The lowest BCUT2D eigenvalue weighted by atomic mass is 9.95. The van der Waals surface area contributed by atoms with Gasteiger partial charge in [-0.15, -0.1) is 0 Å². The van der Waals surface area contributed by atoms with Crippen LogP contribution in [0.1, 0.15) is 5.56 Å². The van der Waals surface area contributed by atoms with Gasteiger partial charge in [0.15, 0.2) is 5.82 Å². The van der Waals surface area contributed by atoms with Gasteiger partial charge in [0, 0.05) is 93.1 Å². The zero-order valence-electron chi connectivity index (χ0n) is 51.7. The summed E-state index contributed by atoms with van der Waals surface area (Å²) >= 11 is 0. The highest BCUT2D eigenvalue weighted by atomic mass is 15.0. The van der Waals surface area contributed by atoms with Crippen LogP contribution in [0.3, 0.4) is 0 Å². The number of rotatable bonds is 8. The molecule has 0 atom stereocenters. The van der Waals surface area contributed by atoms with Crippen LogP contribution in [-0.4, -0.2) is 28.2 Å². The van der Waals surface area contributed by atoms with Crippen LogP contribution in [-0.2, 0) is 0 Å². The number of benzene rings is 15. The van der Waals surface area contributed by atoms with Crippen molar-refractivity contribution >= 4 is 120 Å². The van der Waals surface area contributed by atoms with Crippen LogP contribution in [0.25, 0.3) is 187 Å². The van der Waals surface area contributed by atoms with Crippen LogP contribution < -0.4 is 0 Å². The first kappa shape index (κ1) is 53.5. The minimum atomic E-state index is 0.579. The van der Waals surface area contributed by atoms with Crippen molar-refractivity contribution in [2.45, 2.75) is 0 Å². The molecule has 7 heteroatoms. The molecule has 5 aromatic heterocycles. The monoisotopic (exact) mass is 1220 g/mol. The number of hydrogen-bond donors (Lipinski definition) is 0. The van der Waals surface area contributed by atoms with Crippen LogP contribution in [0.4, 0.5) is 0 Å². The number of nitrogens with zero attached hydrogens (tertiary/aromatic N) is 7. The second kappa shape index (κ2) is 20.9. The molecule has 0 fully saturated rings. The van der Waals surface area contributed by atoms with Crippen LogP contribution in [0, 0.1) is 11.3 Å². The van der Waals surface area contributed by atoms with E-state index >= 15 is 0 Å². The highest BCUT2D eigenvalue weighted by Crippen LogP contribution is 2.48. The lowest BCUT2D eigenvalue weighted by Gasteiger charge is -2.18. The zero-order chi connectivity index (χ0) is 63.1. The van der Waals surface area contributed by atoms with Crippen molar-refractivity contribution in [3.63, 3.8) is 0 Å². The Balaban J connectivity index is 0.892. The largest absolute Gasteiger partial charge is 0.309 e. The molecule has 0 radical (unpaired) electrons. The maximum atomic E-state index is 10.4. The maximum absolute atomic E-state index is 10.4. The smallest absolute Gasteiger partial charge is 0.161 e. The zero-order valence-corrected chi connectivity index (χ0v) is 51.7. The van der Waals surface area contributed by atoms with Gasteiger partial charge in [0.2, 0.25) is 0 Å². The molecule has 7 nitrogen and oxygen atoms in total. The highest BCUT2D eigenvalue weighted by molar-refractivity contribution is 6.24. The first-order chi connectivity index (χ1) is 47.6. The third-order valence-electron chi connectivity index (χ3n) is 20.0. The van der Waals surface area contributed by atoms with E-state index in [4.69, 9.17) is 9.97 Å². The quantitative estimate of drug-likeness (QED) is 0.142. The summed E-state index contributed by atoms with van der Waals surface area (Å²) in [5.74, 6) is 0.579. The van der Waals surface area contributed by atoms with Crippen molar-refractivity contribution in [1.29, 1.82) is 5.26 Å². The molecule has 0 aliphatic heterocycles. The van der Waals surface area contributed by atoms with Gasteiger partial charge in [-0.3, -0.25) is 0 Å². The van der Waals surface area contributed by atoms with Gasteiger partial charge in [-0.05, 0) is 142 Å². The minimum Gasteiger partial charge on any atom is -0.309 e. The van der Waals surface area contributed by atoms with Crippen molar-refractivity contribution in [3.05, 3.63) is 327 Å². The summed E-state index contributed by atoms with van der Waals surface area (Å²) in [6.07, 6.45) is 0. The summed E-state index contributed by atoms with van der Waals surface area (Å²) in [6.45, 7) is 0. The third-order valence-corrected chi connectivity index (χ3v) is 20.0. The molecule has 0 unspecified atom stereocenters. The van der Waals surface area contributed by atoms with Crippen LogP contribution in [0.2, 0.25) is 0 Å². The van der Waals surface area contributed by atoms with Gasteiger partial charge in [-0.1, -0.05) is 212 Å². The van der Waals surface area contributed by atoms with E-state index in [0.717, 1.165) is 138 Å². The molecule has 0 bridgehead atoms. The fourth-order valence-electron chi connectivity index (χ4n) is 16.0. The van der Waals surface area contributed by atoms with Gasteiger partial charge in [0.05, 0.1) is 67.0 Å². The summed E-state index contributed by atoms with van der Waals surface area (Å²) in [4.78, 5) is 11.4. The van der Waals surface area contributed by atoms with Gasteiger partial charge in [-0.25, -0.2) is 9.97 Å². The number of nitriles is 1. The van der Waals surface area contributed by atoms with Crippen molar-refractivity contribution in [3.8, 4) is 73.7 Å². The molecule has 20 aromatic rings. The Labute approximate surface area is 550 Å². The SMILES string of the molecule is N#Cc1ccc(-c2nc(-c3cc(-n4c5ccccc5c5c(-c6cccc7c6c6ccccc6n7-c6ccccc6)cccc54)cc(-n4c5ccccc5c5c(-c6cccc7c6c6ccccc6n7-c6ccccc6)cccc54)c3)c3ccc4ccccc4c3n2)c2ccccc12. The molecular formula is C89H53N7. The first-order valence-electron chi connectivity index (χ1n) is 32.6. The molecular weight excluding hydrogens is 1170 g/mol. The summed E-state index contributed by atoms with van der Waals surface area (Å²) in [6, 6.07) is 119. The molecule has 0 saturated heterocycles. The van der Waals surface area contributed by atoms with E-state index in [-0.39, 0.29) is 0 Å². The lowest BCUT2D eigenvalue weighted by molar-refractivity contribution is 1.13. The number of hydrogen-bond acceptors (Lipinski definition) is 3. The van der Waals surface area contributed by atoms with Crippen LogP contribution >= 0.6 is 0 Å². The standard InChI is InChI=1S/C89H53N7/c90-54-56-48-49-69(64-30-10-9-28-62(56)64)89-91-87(74-50-47-55-23-7-8-29-63(55)88(74)92-89)57-51-60(95-77-41-17-13-33-72(77)85-67(37-21-45-81(85)95)65-35-19-43-79-83(65)70-31-11-15-39-75(70)93(79)58-24-3-1-4-25-58)53-61(52-57)96-78-42-18-14-34-73(78)86-68(38-22-46-82(86)96)66-36-20-44-80-84(66)71-32-12-16-40-76(71)94(80)59-26-5-2-6-27-59/h1-53H. The Morgan fingerprint density at radius 1 is 0.250 bits per heavy atom. The van der Waals surface area contributed by atoms with E-state index in [0.29, 0.717) is 11.4 Å². The van der Waals surface area contributed by atoms with Crippen molar-refractivity contribution < 1.29 is 0 Å². The second-order valence-corrected chi connectivity index (χ2v) is 25.0. The third kappa shape index (κ3) is 7.81. The molecule has 0 aliphatic rings. The number of para-hydroxylation sites is 6. The van der Waals surface area contributed by atoms with Gasteiger partial charge in [-0.2, -0.15) is 5.26 Å². The Bertz CT molecular complexity index is 6420. The molecule has 0 aliphatic carbocycles. The topological polar surface area (TPSA) is 69.3 Å². The van der Waals surface area contributed by atoms with Gasteiger partial charge < -0.3 is 18.3 Å². The molecule has 0 saturated carbocycles. The summed E-state index contributed by atoms with van der Waals surface area (Å²) in [7, 11) is 0. The first-order valence-corrected chi connectivity index (χ1v) is 32.6. The Kier molecular flexibility index (Phi) is 11.7. The van der Waals surface area contributed by atoms with E-state index in [1.807, 2.05) is 30.3 Å². The normalized spacial score (nSPS) is 11.9. The summed E-state index contributed by atoms with van der Waals surface area (Å²) in [5.41, 5.74) is 21.8. The van der Waals surface area contributed by atoms with Gasteiger partial charge >= 0.3 is 0 Å². The van der Waals surface area contributed by atoms with E-state index in [1.54, 1.807) is 0 Å². The predicted octanol–water partition coefficient (Wildman–Crippen LogP) is 22.9. The van der Waals surface area contributed by atoms with E-state index < -0.39 is 0 Å². The Morgan fingerprint density at radius 3 is 1.07 bits per heavy atom. The van der Waals surface area contributed by atoms with E-state index in [2.05, 4.69) is 316 Å². The summed E-state index contributed by atoms with van der Waals surface area (Å²) in [5, 5.41) is 24.7. The average Bonchev–Trinajstić information content (AvgIpc) is 1.53. The van der Waals surface area contributed by atoms with Gasteiger partial charge in [0.1, 0.15) is 0 Å². The second-order valence-electron chi connectivity index (χ2n) is 25.0. The van der Waals surface area contributed by atoms with Crippen LogP contribution in [0.5, 0.6) is 0 Å². The maximum Gasteiger partial charge on any atom is 0.161 e. The fraction of sp³-hybridized carbons (Fsp3) is 0. The molecule has 96 heavy (non-hydrogen) atoms. The molecule has 0 spiro atoms. The van der Waals surface area contributed by atoms with Crippen molar-refractivity contribution in [1.82, 2.24) is 28.2 Å². The van der Waals surface area contributed by atoms with E-state index in [9.17, 15) is 5.26 Å². The highest BCUT2D eigenvalue weighted by Gasteiger charge is 2.26.